The molecule has 5 heteroatoms. The summed E-state index contributed by atoms with van der Waals surface area (Å²) in [6, 6.07) is 9.72. The molecule has 1 aromatic heterocycles. The number of amides is 1. The number of hydrogen-bond donors (Lipinski definition) is 2. The molecule has 0 spiro atoms. The van der Waals surface area contributed by atoms with E-state index in [4.69, 9.17) is 4.74 Å². The fourth-order valence-corrected chi connectivity index (χ4v) is 3.31. The molecule has 1 fully saturated rings. The monoisotopic (exact) mass is 353 g/mol. The number of benzene rings is 1. The van der Waals surface area contributed by atoms with Gasteiger partial charge < -0.3 is 15.4 Å². The first-order chi connectivity index (χ1) is 12.7. The molecule has 0 bridgehead atoms. The minimum absolute atomic E-state index is 0.161. The number of carbonyl (C=O) groups is 1. The number of nitrogens with zero attached hydrogens (tertiary/aromatic N) is 1. The van der Waals surface area contributed by atoms with E-state index in [0.29, 0.717) is 18.2 Å². The van der Waals surface area contributed by atoms with E-state index in [0.717, 1.165) is 17.1 Å². The van der Waals surface area contributed by atoms with Crippen molar-refractivity contribution in [3.8, 4) is 5.75 Å². The van der Waals surface area contributed by atoms with E-state index >= 15 is 0 Å². The molecule has 1 aliphatic rings. The molecule has 1 aromatic carbocycles. The Morgan fingerprint density at radius 2 is 1.81 bits per heavy atom. The summed E-state index contributed by atoms with van der Waals surface area (Å²) in [4.78, 5) is 16.7. The average Bonchev–Trinajstić information content (AvgIpc) is 2.92. The van der Waals surface area contributed by atoms with Crippen molar-refractivity contribution in [2.75, 3.05) is 17.2 Å². The zero-order chi connectivity index (χ0) is 18.2. The van der Waals surface area contributed by atoms with Gasteiger partial charge in [-0.05, 0) is 50.1 Å². The molecule has 2 N–H and O–H groups in total. The van der Waals surface area contributed by atoms with Crippen molar-refractivity contribution in [3.05, 3.63) is 48.3 Å². The van der Waals surface area contributed by atoms with E-state index in [-0.39, 0.29) is 5.91 Å². The summed E-state index contributed by atoms with van der Waals surface area (Å²) < 4.78 is 5.42. The van der Waals surface area contributed by atoms with Crippen molar-refractivity contribution in [2.24, 2.45) is 0 Å². The molecule has 0 radical (unpaired) electrons. The molecule has 2 aromatic rings. The predicted octanol–water partition coefficient (Wildman–Crippen LogP) is 4.87. The summed E-state index contributed by atoms with van der Waals surface area (Å²) in [7, 11) is 0. The average molecular weight is 353 g/mol. The van der Waals surface area contributed by atoms with Gasteiger partial charge in [0.15, 0.2) is 0 Å². The van der Waals surface area contributed by atoms with E-state index in [1.807, 2.05) is 37.3 Å². The lowest BCUT2D eigenvalue weighted by molar-refractivity contribution is 0.102. The molecule has 1 saturated carbocycles. The lowest BCUT2D eigenvalue weighted by atomic mass is 10.1. The van der Waals surface area contributed by atoms with Gasteiger partial charge in [0.2, 0.25) is 0 Å². The second-order valence-electron chi connectivity index (χ2n) is 6.71. The van der Waals surface area contributed by atoms with Crippen LogP contribution in [0.3, 0.4) is 0 Å². The zero-order valence-corrected chi connectivity index (χ0v) is 15.3. The van der Waals surface area contributed by atoms with Crippen LogP contribution < -0.4 is 15.4 Å². The van der Waals surface area contributed by atoms with Gasteiger partial charge in [-0.15, -0.1) is 0 Å². The first-order valence-electron chi connectivity index (χ1n) is 9.50. The lowest BCUT2D eigenvalue weighted by Crippen LogP contribution is -2.19. The number of anilines is 2. The van der Waals surface area contributed by atoms with Crippen LogP contribution in [0.15, 0.2) is 42.7 Å². The molecule has 0 unspecified atom stereocenters. The van der Waals surface area contributed by atoms with Gasteiger partial charge in [0.25, 0.3) is 5.91 Å². The van der Waals surface area contributed by atoms with Crippen molar-refractivity contribution in [2.45, 2.75) is 51.5 Å². The highest BCUT2D eigenvalue weighted by molar-refractivity contribution is 6.04. The Hall–Kier alpha value is -2.56. The summed E-state index contributed by atoms with van der Waals surface area (Å²) in [5.74, 6) is 0.632. The number of pyridine rings is 1. The minimum Gasteiger partial charge on any atom is -0.494 e. The predicted molar refractivity (Wildman–Crippen MR) is 105 cm³/mol. The molecule has 0 saturated heterocycles. The van der Waals surface area contributed by atoms with Crippen LogP contribution in [-0.2, 0) is 0 Å². The fourth-order valence-electron chi connectivity index (χ4n) is 3.31. The van der Waals surface area contributed by atoms with Gasteiger partial charge in [-0.25, -0.2) is 0 Å². The van der Waals surface area contributed by atoms with Crippen molar-refractivity contribution in [1.29, 1.82) is 0 Å². The van der Waals surface area contributed by atoms with E-state index in [9.17, 15) is 4.79 Å². The highest BCUT2D eigenvalue weighted by atomic mass is 16.5. The molecular formula is C21H27N3O2. The van der Waals surface area contributed by atoms with Crippen LogP contribution in [0.4, 0.5) is 11.4 Å². The van der Waals surface area contributed by atoms with Gasteiger partial charge in [-0.2, -0.15) is 0 Å². The molecular weight excluding hydrogens is 326 g/mol. The molecule has 0 atom stereocenters. The molecule has 5 nitrogen and oxygen atoms in total. The zero-order valence-electron chi connectivity index (χ0n) is 15.3. The van der Waals surface area contributed by atoms with Crippen LogP contribution in [0.2, 0.25) is 0 Å². The summed E-state index contributed by atoms with van der Waals surface area (Å²) >= 11 is 0. The number of rotatable bonds is 6. The third kappa shape index (κ3) is 5.22. The van der Waals surface area contributed by atoms with Gasteiger partial charge in [0.1, 0.15) is 5.75 Å². The Morgan fingerprint density at radius 1 is 1.08 bits per heavy atom. The summed E-state index contributed by atoms with van der Waals surface area (Å²) in [6.07, 6.45) is 10.9. The topological polar surface area (TPSA) is 63.2 Å². The molecule has 3 rings (SSSR count). The number of nitrogens with one attached hydrogen (secondary N) is 2. The molecule has 26 heavy (non-hydrogen) atoms. The van der Waals surface area contributed by atoms with Gasteiger partial charge in [0, 0.05) is 24.1 Å². The van der Waals surface area contributed by atoms with Crippen LogP contribution in [0.5, 0.6) is 5.75 Å². The van der Waals surface area contributed by atoms with E-state index < -0.39 is 0 Å². The summed E-state index contributed by atoms with van der Waals surface area (Å²) in [6.45, 7) is 2.57. The largest absolute Gasteiger partial charge is 0.494 e. The van der Waals surface area contributed by atoms with Crippen molar-refractivity contribution < 1.29 is 9.53 Å². The van der Waals surface area contributed by atoms with Crippen molar-refractivity contribution in [1.82, 2.24) is 4.98 Å². The van der Waals surface area contributed by atoms with Crippen molar-refractivity contribution >= 4 is 17.3 Å². The number of aromatic nitrogens is 1. The smallest absolute Gasteiger partial charge is 0.257 e. The first-order valence-corrected chi connectivity index (χ1v) is 9.50. The van der Waals surface area contributed by atoms with Crippen LogP contribution in [0, 0.1) is 0 Å². The Labute approximate surface area is 155 Å². The van der Waals surface area contributed by atoms with E-state index in [1.54, 1.807) is 12.4 Å². The molecule has 1 aliphatic carbocycles. The third-order valence-electron chi connectivity index (χ3n) is 4.65. The minimum atomic E-state index is -0.161. The van der Waals surface area contributed by atoms with Gasteiger partial charge in [-0.3, -0.25) is 9.78 Å². The number of ether oxygens (including phenoxy) is 1. The number of carbonyl (C=O) groups excluding carboxylic acids is 1. The second-order valence-corrected chi connectivity index (χ2v) is 6.71. The molecule has 1 amide bonds. The Kier molecular flexibility index (Phi) is 6.47. The van der Waals surface area contributed by atoms with Gasteiger partial charge in [0.05, 0.1) is 17.9 Å². The highest BCUT2D eigenvalue weighted by Gasteiger charge is 2.13. The van der Waals surface area contributed by atoms with Gasteiger partial charge >= 0.3 is 0 Å². The third-order valence-corrected chi connectivity index (χ3v) is 4.65. The van der Waals surface area contributed by atoms with Crippen LogP contribution >= 0.6 is 0 Å². The second kappa shape index (κ2) is 9.22. The Bertz CT molecular complexity index is 707. The number of hydrogen-bond acceptors (Lipinski definition) is 4. The normalized spacial score (nSPS) is 15.1. The molecule has 0 aliphatic heterocycles. The Morgan fingerprint density at radius 3 is 2.50 bits per heavy atom. The van der Waals surface area contributed by atoms with Crippen LogP contribution in [0.1, 0.15) is 55.8 Å². The molecule has 138 valence electrons. The summed E-state index contributed by atoms with van der Waals surface area (Å²) in [5, 5.41) is 6.45. The van der Waals surface area contributed by atoms with Crippen LogP contribution in [0.25, 0.3) is 0 Å². The lowest BCUT2D eigenvalue weighted by Gasteiger charge is -2.17. The molecule has 1 heterocycles. The maximum absolute atomic E-state index is 12.5. The maximum Gasteiger partial charge on any atom is 0.257 e. The SMILES string of the molecule is CCOc1ccc(NC(=O)c2cncc(NC3CCCCCC3)c2)cc1. The van der Waals surface area contributed by atoms with Crippen molar-refractivity contribution in [3.63, 3.8) is 0 Å². The highest BCUT2D eigenvalue weighted by Crippen LogP contribution is 2.22. The quantitative estimate of drug-likeness (QED) is 0.728. The summed E-state index contributed by atoms with van der Waals surface area (Å²) in [5.41, 5.74) is 2.20. The first kappa shape index (κ1) is 18.2. The van der Waals surface area contributed by atoms with Crippen LogP contribution in [-0.4, -0.2) is 23.5 Å². The van der Waals surface area contributed by atoms with E-state index in [1.165, 1.54) is 38.5 Å². The maximum atomic E-state index is 12.5. The standard InChI is InChI=1S/C21H27N3O2/c1-2-26-20-11-9-18(10-12-20)24-21(25)16-13-19(15-22-14-16)23-17-7-5-3-4-6-8-17/h9-15,17,23H,2-8H2,1H3,(H,24,25). The fraction of sp³-hybridized carbons (Fsp3) is 0.429. The Balaban J connectivity index is 1.62. The van der Waals surface area contributed by atoms with E-state index in [2.05, 4.69) is 15.6 Å². The van der Waals surface area contributed by atoms with Gasteiger partial charge in [-0.1, -0.05) is 25.7 Å².